The third-order valence-corrected chi connectivity index (χ3v) is 6.39. The van der Waals surface area contributed by atoms with Crippen molar-refractivity contribution in [3.8, 4) is 0 Å². The van der Waals surface area contributed by atoms with Crippen LogP contribution in [0, 0.1) is 5.92 Å². The first kappa shape index (κ1) is 31.4. The summed E-state index contributed by atoms with van der Waals surface area (Å²) in [6.45, 7) is 10.9. The molecule has 5 N–H and O–H groups in total. The zero-order valence-corrected chi connectivity index (χ0v) is 22.8. The molecule has 1 aliphatic carbocycles. The maximum absolute atomic E-state index is 12.6. The van der Waals surface area contributed by atoms with Crippen molar-refractivity contribution in [1.29, 1.82) is 0 Å². The Hall–Kier alpha value is -1.83. The van der Waals surface area contributed by atoms with Gasteiger partial charge in [0.05, 0.1) is 12.3 Å². The Balaban J connectivity index is 1.75. The minimum absolute atomic E-state index is 0.0549. The highest BCUT2D eigenvalue weighted by atomic mass is 19.4. The first-order valence-corrected chi connectivity index (χ1v) is 13.1. The molecular weight excluding hydrogens is 493 g/mol. The Morgan fingerprint density at radius 1 is 1.05 bits per heavy atom. The van der Waals surface area contributed by atoms with Gasteiger partial charge in [-0.1, -0.05) is 13.8 Å². The molecule has 1 aliphatic heterocycles. The number of hydrogen-bond acceptors (Lipinski definition) is 7. The molecule has 0 aromatic carbocycles. The Morgan fingerprint density at radius 2 is 1.70 bits per heavy atom. The molecule has 0 bridgehead atoms. The fraction of sp³-hybridized carbons (Fsp3) is 0.917. The first-order chi connectivity index (χ1) is 17.1. The molecule has 2 fully saturated rings. The van der Waals surface area contributed by atoms with E-state index >= 15 is 0 Å². The van der Waals surface area contributed by atoms with Crippen molar-refractivity contribution < 1.29 is 32.2 Å². The third-order valence-electron chi connectivity index (χ3n) is 6.39. The predicted molar refractivity (Wildman–Crippen MR) is 133 cm³/mol. The summed E-state index contributed by atoms with van der Waals surface area (Å²) in [4.78, 5) is 26.2. The number of nitrogens with one attached hydrogen (secondary N) is 5. The molecule has 1 heterocycles. The van der Waals surface area contributed by atoms with Gasteiger partial charge < -0.3 is 25.6 Å². The van der Waals surface area contributed by atoms with E-state index in [1.54, 1.807) is 11.9 Å². The van der Waals surface area contributed by atoms with Crippen LogP contribution < -0.4 is 26.6 Å². The van der Waals surface area contributed by atoms with E-state index in [2.05, 4.69) is 45.2 Å². The van der Waals surface area contributed by atoms with E-state index in [4.69, 9.17) is 4.74 Å². The number of rotatable bonds is 9. The number of urea groups is 1. The van der Waals surface area contributed by atoms with Crippen molar-refractivity contribution in [3.63, 3.8) is 0 Å². The van der Waals surface area contributed by atoms with Crippen LogP contribution in [0.25, 0.3) is 0 Å². The summed E-state index contributed by atoms with van der Waals surface area (Å²) in [7, 11) is 1.71. The molecular formula is C24H45F3N6O4. The van der Waals surface area contributed by atoms with E-state index in [-0.39, 0.29) is 43.2 Å². The maximum Gasteiger partial charge on any atom is 0.522 e. The van der Waals surface area contributed by atoms with Crippen molar-refractivity contribution in [1.82, 2.24) is 31.5 Å². The molecule has 2 aliphatic rings. The quantitative estimate of drug-likeness (QED) is 0.286. The monoisotopic (exact) mass is 538 g/mol. The molecule has 1 saturated heterocycles. The Morgan fingerprint density at radius 3 is 2.27 bits per heavy atom. The number of carbonyl (C=O) groups is 2. The zero-order valence-electron chi connectivity index (χ0n) is 22.8. The van der Waals surface area contributed by atoms with Gasteiger partial charge in [0.25, 0.3) is 0 Å². The Kier molecular flexibility index (Phi) is 11.7. The van der Waals surface area contributed by atoms with Crippen molar-refractivity contribution in [2.45, 2.75) is 116 Å². The second kappa shape index (κ2) is 13.8. The van der Waals surface area contributed by atoms with Gasteiger partial charge in [-0.3, -0.25) is 15.4 Å². The molecule has 3 atom stereocenters. The van der Waals surface area contributed by atoms with Gasteiger partial charge in [0.15, 0.2) is 0 Å². The molecule has 216 valence electrons. The van der Waals surface area contributed by atoms with Crippen LogP contribution >= 0.6 is 0 Å². The van der Waals surface area contributed by atoms with Crippen LogP contribution in [0.5, 0.6) is 0 Å². The van der Waals surface area contributed by atoms with E-state index in [0.717, 1.165) is 12.8 Å². The highest BCUT2D eigenvalue weighted by molar-refractivity contribution is 5.74. The second-order valence-corrected chi connectivity index (χ2v) is 11.3. The molecule has 3 amide bonds. The average molecular weight is 539 g/mol. The van der Waals surface area contributed by atoms with Crippen LogP contribution in [0.2, 0.25) is 0 Å². The molecule has 37 heavy (non-hydrogen) atoms. The number of hydrogen-bond donors (Lipinski definition) is 5. The lowest BCUT2D eigenvalue weighted by molar-refractivity contribution is -0.345. The van der Waals surface area contributed by atoms with Crippen LogP contribution in [0.3, 0.4) is 0 Å². The molecule has 2 rings (SSSR count). The molecule has 0 radical (unpaired) electrons. The Labute approximate surface area is 218 Å². The number of halogens is 3. The second-order valence-electron chi connectivity index (χ2n) is 11.3. The third kappa shape index (κ3) is 12.5. The van der Waals surface area contributed by atoms with Gasteiger partial charge in [-0.15, -0.1) is 13.2 Å². The van der Waals surface area contributed by atoms with Gasteiger partial charge in [0, 0.05) is 25.7 Å². The largest absolute Gasteiger partial charge is 0.522 e. The Bertz CT molecular complexity index is 726. The summed E-state index contributed by atoms with van der Waals surface area (Å²) in [5.74, 6) is 0.334. The minimum atomic E-state index is -4.63. The van der Waals surface area contributed by atoms with Crippen molar-refractivity contribution in [3.05, 3.63) is 0 Å². The van der Waals surface area contributed by atoms with Crippen LogP contribution in [0.1, 0.15) is 73.1 Å². The number of carbonyl (C=O) groups excluding carboxylic acids is 2. The lowest BCUT2D eigenvalue weighted by Crippen LogP contribution is -2.69. The summed E-state index contributed by atoms with van der Waals surface area (Å²) in [6.07, 6.45) is -3.50. The van der Waals surface area contributed by atoms with Gasteiger partial charge in [0.1, 0.15) is 11.9 Å². The number of amides is 3. The summed E-state index contributed by atoms with van der Waals surface area (Å²) < 4.78 is 46.7. The van der Waals surface area contributed by atoms with Gasteiger partial charge in [0.2, 0.25) is 0 Å². The van der Waals surface area contributed by atoms with Crippen molar-refractivity contribution in [2.75, 3.05) is 20.1 Å². The van der Waals surface area contributed by atoms with Gasteiger partial charge in [-0.25, -0.2) is 9.59 Å². The smallest absolute Gasteiger partial charge is 0.444 e. The summed E-state index contributed by atoms with van der Waals surface area (Å²) in [6, 6.07) is -0.427. The van der Waals surface area contributed by atoms with Crippen LogP contribution in [0.4, 0.5) is 22.8 Å². The number of ether oxygens (including phenoxy) is 2. The molecule has 1 saturated carbocycles. The van der Waals surface area contributed by atoms with E-state index < -0.39 is 24.4 Å². The summed E-state index contributed by atoms with van der Waals surface area (Å²) >= 11 is 0. The van der Waals surface area contributed by atoms with Gasteiger partial charge >= 0.3 is 18.5 Å². The maximum atomic E-state index is 12.6. The molecule has 0 aromatic heterocycles. The SMILES string of the molecule is CC(C)C1CC(NCCCN(C)C(=O)OC(C)(C)C)NC(NC(=O)NC2CCC(OC(F)(F)F)CC2)N1. The average Bonchev–Trinajstić information content (AvgIpc) is 2.75. The van der Waals surface area contributed by atoms with Crippen LogP contribution in [-0.2, 0) is 9.47 Å². The van der Waals surface area contributed by atoms with Crippen LogP contribution in [0.15, 0.2) is 0 Å². The predicted octanol–water partition coefficient (Wildman–Crippen LogP) is 3.20. The van der Waals surface area contributed by atoms with Gasteiger partial charge in [-0.05, 0) is 71.8 Å². The normalized spacial score (nSPS) is 27.0. The lowest BCUT2D eigenvalue weighted by atomic mass is 9.93. The van der Waals surface area contributed by atoms with E-state index in [9.17, 15) is 22.8 Å². The molecule has 10 nitrogen and oxygen atoms in total. The minimum Gasteiger partial charge on any atom is -0.444 e. The molecule has 13 heteroatoms. The fourth-order valence-electron chi connectivity index (χ4n) is 4.44. The first-order valence-electron chi connectivity index (χ1n) is 13.1. The summed E-state index contributed by atoms with van der Waals surface area (Å²) in [5.41, 5.74) is -0.538. The van der Waals surface area contributed by atoms with E-state index in [1.165, 1.54) is 0 Å². The number of nitrogens with zero attached hydrogens (tertiary/aromatic N) is 1. The van der Waals surface area contributed by atoms with Crippen LogP contribution in [-0.4, -0.2) is 79.8 Å². The number of alkyl halides is 3. The van der Waals surface area contributed by atoms with Crippen molar-refractivity contribution >= 4 is 12.1 Å². The molecule has 3 unspecified atom stereocenters. The zero-order chi connectivity index (χ0) is 27.8. The van der Waals surface area contributed by atoms with Crippen molar-refractivity contribution in [2.24, 2.45) is 5.92 Å². The topological polar surface area (TPSA) is 116 Å². The molecule has 0 aromatic rings. The lowest BCUT2D eigenvalue weighted by Gasteiger charge is -2.40. The van der Waals surface area contributed by atoms with Gasteiger partial charge in [-0.2, -0.15) is 0 Å². The summed E-state index contributed by atoms with van der Waals surface area (Å²) in [5, 5.41) is 15.9. The standard InChI is InChI=1S/C24H45F3N6O4/c1-15(2)18-14-19(28-12-7-13-33(6)22(35)37-23(3,4)5)31-20(30-18)32-21(34)29-16-8-10-17(11-9-16)36-24(25,26)27/h15-20,28,30-31H,7-14H2,1-6H3,(H2,29,32,34). The van der Waals surface area contributed by atoms with E-state index in [1.807, 2.05) is 20.8 Å². The highest BCUT2D eigenvalue weighted by Crippen LogP contribution is 2.28. The van der Waals surface area contributed by atoms with E-state index in [0.29, 0.717) is 31.8 Å². The fourth-order valence-corrected chi connectivity index (χ4v) is 4.44. The highest BCUT2D eigenvalue weighted by Gasteiger charge is 2.36. The molecule has 0 spiro atoms.